The zero-order chi connectivity index (χ0) is 15.8. The van der Waals surface area contributed by atoms with E-state index in [0.29, 0.717) is 12.1 Å². The first-order valence-corrected chi connectivity index (χ1v) is 6.70. The van der Waals surface area contributed by atoms with Crippen molar-refractivity contribution in [3.05, 3.63) is 47.5 Å². The molecule has 0 aliphatic heterocycles. The van der Waals surface area contributed by atoms with Crippen LogP contribution >= 0.6 is 0 Å². The summed E-state index contributed by atoms with van der Waals surface area (Å²) < 4.78 is 68.9. The number of anilines is 1. The second kappa shape index (κ2) is 5.13. The summed E-state index contributed by atoms with van der Waals surface area (Å²) in [4.78, 5) is 10.6. The van der Waals surface area contributed by atoms with Crippen LogP contribution in [0.2, 0.25) is 0 Å². The van der Waals surface area contributed by atoms with Crippen molar-refractivity contribution in [2.24, 2.45) is 0 Å². The molecule has 0 saturated heterocycles. The molecule has 1 aromatic carbocycles. The average Bonchev–Trinajstić information content (AvgIpc) is 2.90. The predicted octanol–water partition coefficient (Wildman–Crippen LogP) is 2.20. The molecule has 0 aliphatic rings. The Balaban J connectivity index is 2.37. The summed E-state index contributed by atoms with van der Waals surface area (Å²) >= 11 is 0. The van der Waals surface area contributed by atoms with Gasteiger partial charge < -0.3 is 9.52 Å². The molecule has 112 valence electrons. The van der Waals surface area contributed by atoms with E-state index in [9.17, 15) is 26.4 Å². The van der Waals surface area contributed by atoms with Crippen LogP contribution in [0.25, 0.3) is 0 Å². The summed E-state index contributed by atoms with van der Waals surface area (Å²) in [6.07, 6.45) is 0. The molecule has 0 unspecified atom stereocenters. The third-order valence-corrected chi connectivity index (χ3v) is 3.57. The smallest absolute Gasteiger partial charge is 0.371 e. The third-order valence-electron chi connectivity index (χ3n) is 2.34. The number of sulfonamides is 1. The van der Waals surface area contributed by atoms with E-state index < -0.39 is 50.0 Å². The Kier molecular flexibility index (Phi) is 3.64. The summed E-state index contributed by atoms with van der Waals surface area (Å²) in [6, 6.07) is 2.90. The average molecular weight is 321 g/mol. The molecule has 0 atom stereocenters. The number of aromatic carboxylic acids is 1. The molecule has 0 amide bonds. The number of hydrogen-bond acceptors (Lipinski definition) is 4. The van der Waals surface area contributed by atoms with Gasteiger partial charge in [0.25, 0.3) is 10.0 Å². The first kappa shape index (κ1) is 14.9. The zero-order valence-electron chi connectivity index (χ0n) is 9.93. The Morgan fingerprint density at radius 2 is 1.76 bits per heavy atom. The maximum absolute atomic E-state index is 13.4. The van der Waals surface area contributed by atoms with Crippen LogP contribution in [0.3, 0.4) is 0 Å². The van der Waals surface area contributed by atoms with Crippen LogP contribution in [0.1, 0.15) is 10.6 Å². The largest absolute Gasteiger partial charge is 0.475 e. The highest BCUT2D eigenvalue weighted by Gasteiger charge is 2.24. The molecule has 21 heavy (non-hydrogen) atoms. The second-order valence-electron chi connectivity index (χ2n) is 3.75. The number of halogens is 3. The lowest BCUT2D eigenvalue weighted by molar-refractivity contribution is 0.0656. The number of benzene rings is 1. The van der Waals surface area contributed by atoms with E-state index in [2.05, 4.69) is 4.42 Å². The van der Waals surface area contributed by atoms with Crippen molar-refractivity contribution in [3.8, 4) is 0 Å². The molecule has 2 rings (SSSR count). The Morgan fingerprint density at radius 1 is 1.10 bits per heavy atom. The van der Waals surface area contributed by atoms with Gasteiger partial charge in [0.2, 0.25) is 10.9 Å². The first-order valence-electron chi connectivity index (χ1n) is 5.22. The van der Waals surface area contributed by atoms with Crippen LogP contribution in [-0.2, 0) is 10.0 Å². The number of carboxylic acid groups (broad SMARTS) is 1. The van der Waals surface area contributed by atoms with Gasteiger partial charge in [0, 0.05) is 0 Å². The fraction of sp³-hybridized carbons (Fsp3) is 0. The summed E-state index contributed by atoms with van der Waals surface area (Å²) in [5.74, 6) is -7.22. The zero-order valence-corrected chi connectivity index (χ0v) is 10.7. The molecule has 0 aliphatic carbocycles. The number of carboxylic acids is 1. The summed E-state index contributed by atoms with van der Waals surface area (Å²) in [5, 5.41) is 7.79. The predicted molar refractivity (Wildman–Crippen MR) is 62.8 cm³/mol. The molecule has 0 radical (unpaired) electrons. The fourth-order valence-electron chi connectivity index (χ4n) is 1.38. The van der Waals surface area contributed by atoms with Crippen molar-refractivity contribution in [1.29, 1.82) is 0 Å². The summed E-state index contributed by atoms with van der Waals surface area (Å²) in [7, 11) is -4.49. The van der Waals surface area contributed by atoms with Gasteiger partial charge in [-0.05, 0) is 24.3 Å². The molecule has 1 aromatic heterocycles. The van der Waals surface area contributed by atoms with Gasteiger partial charge in [0.15, 0.2) is 17.5 Å². The van der Waals surface area contributed by atoms with Gasteiger partial charge in [-0.3, -0.25) is 4.72 Å². The third kappa shape index (κ3) is 2.84. The standard InChI is InChI=1S/C11H6F3NO5S/c12-5-1-2-6(10(14)9(5)13)15-21(18,19)8-4-3-7(20-8)11(16)17/h1-4,15H,(H,16,17). The topological polar surface area (TPSA) is 96.6 Å². The fourth-order valence-corrected chi connectivity index (χ4v) is 2.37. The van der Waals surface area contributed by atoms with Crippen molar-refractivity contribution < 1.29 is 35.9 Å². The van der Waals surface area contributed by atoms with Crippen molar-refractivity contribution in [2.45, 2.75) is 5.09 Å². The Labute approximate surface area is 115 Å². The molecule has 0 saturated carbocycles. The highest BCUT2D eigenvalue weighted by atomic mass is 32.2. The number of nitrogens with one attached hydrogen (secondary N) is 1. The minimum Gasteiger partial charge on any atom is -0.475 e. The van der Waals surface area contributed by atoms with Gasteiger partial charge >= 0.3 is 5.97 Å². The van der Waals surface area contributed by atoms with Crippen LogP contribution in [0, 0.1) is 17.5 Å². The Bertz CT molecular complexity index is 815. The second-order valence-corrected chi connectivity index (χ2v) is 5.37. The lowest BCUT2D eigenvalue weighted by Gasteiger charge is -2.07. The summed E-state index contributed by atoms with van der Waals surface area (Å²) in [6.45, 7) is 0. The number of furan rings is 1. The highest BCUT2D eigenvalue weighted by Crippen LogP contribution is 2.23. The maximum atomic E-state index is 13.4. The van der Waals surface area contributed by atoms with Crippen LogP contribution in [0.15, 0.2) is 33.8 Å². The van der Waals surface area contributed by atoms with Crippen LogP contribution in [0.4, 0.5) is 18.9 Å². The van der Waals surface area contributed by atoms with Gasteiger partial charge in [-0.15, -0.1) is 0 Å². The number of carbonyl (C=O) groups is 1. The molecule has 2 N–H and O–H groups in total. The van der Waals surface area contributed by atoms with Crippen LogP contribution < -0.4 is 4.72 Å². The van der Waals surface area contributed by atoms with E-state index in [4.69, 9.17) is 5.11 Å². The van der Waals surface area contributed by atoms with E-state index in [1.165, 1.54) is 0 Å². The van der Waals surface area contributed by atoms with Gasteiger partial charge in [-0.2, -0.15) is 8.42 Å². The SMILES string of the molecule is O=C(O)c1ccc(S(=O)(=O)Nc2ccc(F)c(F)c2F)o1. The molecule has 6 nitrogen and oxygen atoms in total. The highest BCUT2D eigenvalue weighted by molar-refractivity contribution is 7.92. The number of rotatable bonds is 4. The van der Waals surface area contributed by atoms with E-state index in [1.807, 2.05) is 0 Å². The quantitative estimate of drug-likeness (QED) is 0.842. The van der Waals surface area contributed by atoms with E-state index in [1.54, 1.807) is 4.72 Å². The molecule has 10 heteroatoms. The number of hydrogen-bond donors (Lipinski definition) is 2. The minimum atomic E-state index is -4.49. The van der Waals surface area contributed by atoms with Crippen LogP contribution in [0.5, 0.6) is 0 Å². The first-order chi connectivity index (χ1) is 9.72. The van der Waals surface area contributed by atoms with E-state index >= 15 is 0 Å². The molecule has 0 fully saturated rings. The van der Waals surface area contributed by atoms with Crippen molar-refractivity contribution >= 4 is 21.7 Å². The molecular weight excluding hydrogens is 315 g/mol. The summed E-state index contributed by atoms with van der Waals surface area (Å²) in [5.41, 5.74) is -0.845. The van der Waals surface area contributed by atoms with Crippen molar-refractivity contribution in [3.63, 3.8) is 0 Å². The van der Waals surface area contributed by atoms with Crippen LogP contribution in [-0.4, -0.2) is 19.5 Å². The van der Waals surface area contributed by atoms with Crippen molar-refractivity contribution in [2.75, 3.05) is 4.72 Å². The van der Waals surface area contributed by atoms with Gasteiger partial charge in [0.05, 0.1) is 5.69 Å². The molecular formula is C11H6F3NO5S. The van der Waals surface area contributed by atoms with Crippen molar-refractivity contribution in [1.82, 2.24) is 0 Å². The lowest BCUT2D eigenvalue weighted by Crippen LogP contribution is -2.14. The monoisotopic (exact) mass is 321 g/mol. The Morgan fingerprint density at radius 3 is 2.33 bits per heavy atom. The lowest BCUT2D eigenvalue weighted by atomic mass is 10.3. The molecule has 0 bridgehead atoms. The molecule has 0 spiro atoms. The molecule has 1 heterocycles. The normalized spacial score (nSPS) is 11.4. The molecule has 2 aromatic rings. The van der Waals surface area contributed by atoms with E-state index in [0.717, 1.165) is 12.1 Å². The Hall–Kier alpha value is -2.49. The minimum absolute atomic E-state index is 0.529. The van der Waals surface area contributed by atoms with E-state index in [-0.39, 0.29) is 0 Å². The van der Waals surface area contributed by atoms with Gasteiger partial charge in [-0.25, -0.2) is 18.0 Å². The van der Waals surface area contributed by atoms with Gasteiger partial charge in [-0.1, -0.05) is 0 Å². The van der Waals surface area contributed by atoms with Gasteiger partial charge in [0.1, 0.15) is 0 Å². The maximum Gasteiger partial charge on any atom is 0.371 e.